The first-order chi connectivity index (χ1) is 14.8. The Morgan fingerprint density at radius 3 is 2.29 bits per heavy atom. The van der Waals surface area contributed by atoms with Crippen molar-refractivity contribution in [2.75, 3.05) is 11.9 Å². The van der Waals surface area contributed by atoms with Gasteiger partial charge in [-0.05, 0) is 36.8 Å². The fraction of sp³-hybridized carbons (Fsp3) is 0.364. The Morgan fingerprint density at radius 2 is 1.61 bits per heavy atom. The monoisotopic (exact) mass is 431 g/mol. The molecule has 1 heterocycles. The number of nitrogens with one attached hydrogen (secondary N) is 3. The molecular weight excluding hydrogens is 405 g/mol. The van der Waals surface area contributed by atoms with Crippen LogP contribution in [0, 0.1) is 12.7 Å². The molecule has 0 bridgehead atoms. The predicted octanol–water partition coefficient (Wildman–Crippen LogP) is 1.45. The van der Waals surface area contributed by atoms with E-state index in [9.17, 15) is 24.2 Å². The third-order valence-corrected chi connectivity index (χ3v) is 5.02. The maximum Gasteiger partial charge on any atom is 0.319 e. The summed E-state index contributed by atoms with van der Waals surface area (Å²) >= 11 is 0. The summed E-state index contributed by atoms with van der Waals surface area (Å²) in [6.07, 6.45) is -4.42. The first-order valence-corrected chi connectivity index (χ1v) is 9.96. The number of rotatable bonds is 7. The fourth-order valence-electron chi connectivity index (χ4n) is 3.23. The molecule has 5 N–H and O–H groups in total. The van der Waals surface area contributed by atoms with Crippen LogP contribution in [0.15, 0.2) is 48.5 Å². The molecule has 1 aliphatic rings. The molecule has 31 heavy (non-hydrogen) atoms. The smallest absolute Gasteiger partial charge is 0.319 e. The molecule has 4 atom stereocenters. The maximum atomic E-state index is 12.9. The van der Waals surface area contributed by atoms with Gasteiger partial charge in [-0.1, -0.05) is 29.8 Å². The predicted molar refractivity (Wildman–Crippen MR) is 112 cm³/mol. The number of halogens is 1. The number of aryl methyl sites for hydroxylation is 1. The number of aliphatic hydroxyl groups is 2. The largest absolute Gasteiger partial charge is 0.388 e. The lowest BCUT2D eigenvalue weighted by molar-refractivity contribution is -0.125. The van der Waals surface area contributed by atoms with E-state index in [1.807, 2.05) is 19.1 Å². The van der Waals surface area contributed by atoms with Crippen molar-refractivity contribution in [1.29, 1.82) is 0 Å². The zero-order chi connectivity index (χ0) is 22.4. The highest BCUT2D eigenvalue weighted by Gasteiger charge is 2.43. The van der Waals surface area contributed by atoms with Crippen LogP contribution in [0.3, 0.4) is 0 Å². The van der Waals surface area contributed by atoms with Gasteiger partial charge in [-0.2, -0.15) is 0 Å². The topological polar surface area (TPSA) is 120 Å². The van der Waals surface area contributed by atoms with Gasteiger partial charge in [-0.15, -0.1) is 0 Å². The van der Waals surface area contributed by atoms with E-state index in [1.54, 1.807) is 24.3 Å². The average Bonchev–Trinajstić information content (AvgIpc) is 3.01. The van der Waals surface area contributed by atoms with Crippen molar-refractivity contribution >= 4 is 17.6 Å². The second-order valence-electron chi connectivity index (χ2n) is 7.50. The van der Waals surface area contributed by atoms with E-state index < -0.39 is 30.4 Å². The first kappa shape index (κ1) is 22.7. The SMILES string of the molecule is Cc1ccc(NC(=O)NC[C@H]2O[C@@H](CC(=O)NCc3ccc(F)cc3)[C@H](O)[C@@H]2O)cc1. The molecule has 3 amide bonds. The van der Waals surface area contributed by atoms with Gasteiger partial charge in [0.25, 0.3) is 0 Å². The highest BCUT2D eigenvalue weighted by atomic mass is 19.1. The number of hydrogen-bond donors (Lipinski definition) is 5. The number of amides is 3. The molecule has 2 aromatic carbocycles. The molecule has 1 aliphatic heterocycles. The van der Waals surface area contributed by atoms with Gasteiger partial charge in [-0.25, -0.2) is 9.18 Å². The summed E-state index contributed by atoms with van der Waals surface area (Å²) in [5.74, 6) is -0.745. The number of carbonyl (C=O) groups is 2. The average molecular weight is 431 g/mol. The van der Waals surface area contributed by atoms with Gasteiger partial charge in [0.2, 0.25) is 5.91 Å². The van der Waals surface area contributed by atoms with Gasteiger partial charge in [0.05, 0.1) is 12.5 Å². The first-order valence-electron chi connectivity index (χ1n) is 9.96. The summed E-state index contributed by atoms with van der Waals surface area (Å²) in [5, 5.41) is 28.3. The Bertz CT molecular complexity index is 891. The molecule has 0 aliphatic carbocycles. The van der Waals surface area contributed by atoms with Crippen LogP contribution in [-0.2, 0) is 16.1 Å². The quantitative estimate of drug-likeness (QED) is 0.455. The number of anilines is 1. The number of benzene rings is 2. The lowest BCUT2D eigenvalue weighted by Gasteiger charge is -2.16. The molecular formula is C22H26FN3O5. The van der Waals surface area contributed by atoms with Crippen LogP contribution in [0.2, 0.25) is 0 Å². The molecule has 0 saturated carbocycles. The van der Waals surface area contributed by atoms with Gasteiger partial charge in [-0.3, -0.25) is 4.79 Å². The zero-order valence-electron chi connectivity index (χ0n) is 17.0. The van der Waals surface area contributed by atoms with Gasteiger partial charge >= 0.3 is 6.03 Å². The van der Waals surface area contributed by atoms with E-state index in [2.05, 4.69) is 16.0 Å². The number of ether oxygens (including phenoxy) is 1. The highest BCUT2D eigenvalue weighted by molar-refractivity contribution is 5.89. The molecule has 0 unspecified atom stereocenters. The number of hydrogen-bond acceptors (Lipinski definition) is 5. The Kier molecular flexibility index (Phi) is 7.56. The zero-order valence-corrected chi connectivity index (χ0v) is 17.0. The summed E-state index contributed by atoms with van der Waals surface area (Å²) < 4.78 is 18.5. The molecule has 166 valence electrons. The fourth-order valence-corrected chi connectivity index (χ4v) is 3.23. The molecule has 0 radical (unpaired) electrons. The van der Waals surface area contributed by atoms with Gasteiger partial charge in [0, 0.05) is 18.8 Å². The minimum Gasteiger partial charge on any atom is -0.388 e. The van der Waals surface area contributed by atoms with Crippen molar-refractivity contribution < 1.29 is 28.9 Å². The van der Waals surface area contributed by atoms with Crippen molar-refractivity contribution in [1.82, 2.24) is 10.6 Å². The highest BCUT2D eigenvalue weighted by Crippen LogP contribution is 2.23. The number of carbonyl (C=O) groups excluding carboxylic acids is 2. The Hall–Kier alpha value is -3.01. The van der Waals surface area contributed by atoms with Gasteiger partial charge in [0.15, 0.2) is 0 Å². The summed E-state index contributed by atoms with van der Waals surface area (Å²) in [4.78, 5) is 24.2. The Labute approximate surface area is 179 Å². The van der Waals surface area contributed by atoms with E-state index in [-0.39, 0.29) is 31.2 Å². The third kappa shape index (κ3) is 6.48. The third-order valence-electron chi connectivity index (χ3n) is 5.02. The van der Waals surface area contributed by atoms with Crippen molar-refractivity contribution in [3.63, 3.8) is 0 Å². The Morgan fingerprint density at radius 1 is 0.968 bits per heavy atom. The lowest BCUT2D eigenvalue weighted by Crippen LogP contribution is -2.41. The number of aliphatic hydroxyl groups excluding tert-OH is 2. The van der Waals surface area contributed by atoms with Crippen LogP contribution in [0.5, 0.6) is 0 Å². The molecule has 1 fully saturated rings. The van der Waals surface area contributed by atoms with Crippen LogP contribution in [0.25, 0.3) is 0 Å². The van der Waals surface area contributed by atoms with Crippen molar-refractivity contribution in [2.45, 2.75) is 44.3 Å². The second kappa shape index (κ2) is 10.3. The summed E-state index contributed by atoms with van der Waals surface area (Å²) in [6.45, 7) is 2.10. The van der Waals surface area contributed by atoms with Crippen molar-refractivity contribution in [3.8, 4) is 0 Å². The molecule has 1 saturated heterocycles. The minimum atomic E-state index is -1.26. The summed E-state index contributed by atoms with van der Waals surface area (Å²) in [5.41, 5.74) is 2.41. The standard InChI is InChI=1S/C22H26FN3O5/c1-13-2-8-16(9-3-13)26-22(30)25-12-18-21(29)20(28)17(31-18)10-19(27)24-11-14-4-6-15(23)7-5-14/h2-9,17-18,20-21,28-29H,10-12H2,1H3,(H,24,27)(H2,25,26,30)/t17-,18+,20-,21+/m0/s1. The van der Waals surface area contributed by atoms with E-state index in [4.69, 9.17) is 4.74 Å². The minimum absolute atomic E-state index is 0.0381. The second-order valence-corrected chi connectivity index (χ2v) is 7.50. The molecule has 3 rings (SSSR count). The maximum absolute atomic E-state index is 12.9. The molecule has 0 spiro atoms. The summed E-state index contributed by atoms with van der Waals surface area (Å²) in [6, 6.07) is 12.5. The molecule has 8 nitrogen and oxygen atoms in total. The van der Waals surface area contributed by atoms with E-state index >= 15 is 0 Å². The number of urea groups is 1. The molecule has 9 heteroatoms. The Balaban J connectivity index is 1.43. The van der Waals surface area contributed by atoms with E-state index in [1.165, 1.54) is 12.1 Å². The normalized spacial score (nSPS) is 22.7. The van der Waals surface area contributed by atoms with Crippen LogP contribution in [-0.4, -0.2) is 53.1 Å². The van der Waals surface area contributed by atoms with Crippen molar-refractivity contribution in [3.05, 3.63) is 65.5 Å². The van der Waals surface area contributed by atoms with E-state index in [0.29, 0.717) is 5.69 Å². The van der Waals surface area contributed by atoms with Crippen LogP contribution >= 0.6 is 0 Å². The summed E-state index contributed by atoms with van der Waals surface area (Å²) in [7, 11) is 0. The van der Waals surface area contributed by atoms with Gasteiger partial charge < -0.3 is 30.9 Å². The van der Waals surface area contributed by atoms with Crippen LogP contribution < -0.4 is 16.0 Å². The van der Waals surface area contributed by atoms with Crippen molar-refractivity contribution in [2.24, 2.45) is 0 Å². The van der Waals surface area contributed by atoms with Crippen LogP contribution in [0.1, 0.15) is 17.5 Å². The molecule has 2 aromatic rings. The van der Waals surface area contributed by atoms with Crippen LogP contribution in [0.4, 0.5) is 14.9 Å². The van der Waals surface area contributed by atoms with E-state index in [0.717, 1.165) is 11.1 Å². The molecule has 0 aromatic heterocycles. The lowest BCUT2D eigenvalue weighted by atomic mass is 10.1. The van der Waals surface area contributed by atoms with Gasteiger partial charge in [0.1, 0.15) is 24.1 Å².